The van der Waals surface area contributed by atoms with Crippen LogP contribution < -0.4 is 5.32 Å². The molecular weight excluding hydrogens is 316 g/mol. The lowest BCUT2D eigenvalue weighted by Gasteiger charge is -2.10. The predicted octanol–water partition coefficient (Wildman–Crippen LogP) is 3.21. The fourth-order valence-corrected chi connectivity index (χ4v) is 2.84. The third-order valence-electron chi connectivity index (χ3n) is 4.19. The van der Waals surface area contributed by atoms with Crippen LogP contribution in [0.4, 0.5) is 0 Å². The number of carbonyl (C=O) groups is 1. The SMILES string of the molecule is O=C(NCc1ccc(C2OCCO2)cc1)c1ccc2ncccc2c1. The summed E-state index contributed by atoms with van der Waals surface area (Å²) in [6.45, 7) is 1.73. The zero-order valence-corrected chi connectivity index (χ0v) is 13.6. The van der Waals surface area contributed by atoms with E-state index < -0.39 is 0 Å². The van der Waals surface area contributed by atoms with Gasteiger partial charge < -0.3 is 14.8 Å². The van der Waals surface area contributed by atoms with Crippen LogP contribution in [0.1, 0.15) is 27.8 Å². The highest BCUT2D eigenvalue weighted by atomic mass is 16.7. The van der Waals surface area contributed by atoms with Crippen LogP contribution in [-0.4, -0.2) is 24.1 Å². The van der Waals surface area contributed by atoms with Crippen LogP contribution in [0, 0.1) is 0 Å². The van der Waals surface area contributed by atoms with E-state index in [9.17, 15) is 4.79 Å². The van der Waals surface area contributed by atoms with E-state index in [0.29, 0.717) is 25.3 Å². The zero-order chi connectivity index (χ0) is 17.1. The summed E-state index contributed by atoms with van der Waals surface area (Å²) in [7, 11) is 0. The van der Waals surface area contributed by atoms with Gasteiger partial charge in [-0.2, -0.15) is 0 Å². The molecule has 0 unspecified atom stereocenters. The van der Waals surface area contributed by atoms with Gasteiger partial charge in [-0.15, -0.1) is 0 Å². The third kappa shape index (κ3) is 3.52. The van der Waals surface area contributed by atoms with Crippen LogP contribution >= 0.6 is 0 Å². The van der Waals surface area contributed by atoms with Crippen molar-refractivity contribution in [2.24, 2.45) is 0 Å². The van der Waals surface area contributed by atoms with Gasteiger partial charge in [-0.05, 0) is 29.8 Å². The first-order chi connectivity index (χ1) is 12.3. The molecule has 5 heteroatoms. The molecule has 0 atom stereocenters. The lowest BCUT2D eigenvalue weighted by atomic mass is 10.1. The quantitative estimate of drug-likeness (QED) is 0.796. The van der Waals surface area contributed by atoms with E-state index in [4.69, 9.17) is 9.47 Å². The summed E-state index contributed by atoms with van der Waals surface area (Å²) < 4.78 is 10.9. The summed E-state index contributed by atoms with van der Waals surface area (Å²) in [5.41, 5.74) is 3.53. The summed E-state index contributed by atoms with van der Waals surface area (Å²) in [5, 5.41) is 3.90. The highest BCUT2D eigenvalue weighted by Crippen LogP contribution is 2.23. The fraction of sp³-hybridized carbons (Fsp3) is 0.200. The summed E-state index contributed by atoms with van der Waals surface area (Å²) in [5.74, 6) is -0.0997. The average molecular weight is 334 g/mol. The largest absolute Gasteiger partial charge is 0.348 e. The average Bonchev–Trinajstić information content (AvgIpc) is 3.21. The first kappa shape index (κ1) is 15.7. The van der Waals surface area contributed by atoms with Crippen LogP contribution in [0.25, 0.3) is 10.9 Å². The smallest absolute Gasteiger partial charge is 0.251 e. The van der Waals surface area contributed by atoms with Crippen molar-refractivity contribution in [2.75, 3.05) is 13.2 Å². The summed E-state index contributed by atoms with van der Waals surface area (Å²) >= 11 is 0. The van der Waals surface area contributed by atoms with Gasteiger partial charge >= 0.3 is 0 Å². The lowest BCUT2D eigenvalue weighted by Crippen LogP contribution is -2.22. The maximum atomic E-state index is 12.4. The fourth-order valence-electron chi connectivity index (χ4n) is 2.84. The molecule has 0 radical (unpaired) electrons. The van der Waals surface area contributed by atoms with Crippen molar-refractivity contribution in [1.82, 2.24) is 10.3 Å². The van der Waals surface area contributed by atoms with Gasteiger partial charge in [0.1, 0.15) is 0 Å². The molecule has 3 aromatic rings. The molecular formula is C20H18N2O3. The van der Waals surface area contributed by atoms with Gasteiger partial charge in [0.05, 0.1) is 18.7 Å². The maximum Gasteiger partial charge on any atom is 0.251 e. The highest BCUT2D eigenvalue weighted by molar-refractivity contribution is 5.97. The van der Waals surface area contributed by atoms with Crippen molar-refractivity contribution in [3.05, 3.63) is 77.5 Å². The number of carbonyl (C=O) groups excluding carboxylic acids is 1. The second-order valence-corrected chi connectivity index (χ2v) is 5.91. The predicted molar refractivity (Wildman–Crippen MR) is 94.0 cm³/mol. The number of nitrogens with one attached hydrogen (secondary N) is 1. The van der Waals surface area contributed by atoms with Crippen molar-refractivity contribution >= 4 is 16.8 Å². The molecule has 5 nitrogen and oxygen atoms in total. The van der Waals surface area contributed by atoms with Crippen molar-refractivity contribution in [3.63, 3.8) is 0 Å². The molecule has 0 bridgehead atoms. The van der Waals surface area contributed by atoms with Crippen molar-refractivity contribution in [2.45, 2.75) is 12.8 Å². The first-order valence-electron chi connectivity index (χ1n) is 8.25. The molecule has 2 aromatic carbocycles. The minimum absolute atomic E-state index is 0.0997. The van der Waals surface area contributed by atoms with Crippen LogP contribution in [-0.2, 0) is 16.0 Å². The Morgan fingerprint density at radius 3 is 2.68 bits per heavy atom. The second kappa shape index (κ2) is 7.01. The van der Waals surface area contributed by atoms with Gasteiger partial charge in [0.15, 0.2) is 6.29 Å². The molecule has 0 aliphatic carbocycles. The summed E-state index contributed by atoms with van der Waals surface area (Å²) in [6, 6.07) is 17.2. The molecule has 2 heterocycles. The zero-order valence-electron chi connectivity index (χ0n) is 13.6. The van der Waals surface area contributed by atoms with Crippen LogP contribution in [0.5, 0.6) is 0 Å². The van der Waals surface area contributed by atoms with Gasteiger partial charge in [-0.1, -0.05) is 30.3 Å². The second-order valence-electron chi connectivity index (χ2n) is 5.91. The monoisotopic (exact) mass is 334 g/mol. The topological polar surface area (TPSA) is 60.5 Å². The molecule has 1 amide bonds. The molecule has 126 valence electrons. The number of hydrogen-bond donors (Lipinski definition) is 1. The number of benzene rings is 2. The van der Waals surface area contributed by atoms with E-state index in [-0.39, 0.29) is 12.2 Å². The number of amides is 1. The Balaban J connectivity index is 1.40. The number of pyridine rings is 1. The lowest BCUT2D eigenvalue weighted by molar-refractivity contribution is -0.0441. The highest BCUT2D eigenvalue weighted by Gasteiger charge is 2.17. The summed E-state index contributed by atoms with van der Waals surface area (Å²) in [6.07, 6.45) is 1.47. The van der Waals surface area contributed by atoms with E-state index in [0.717, 1.165) is 22.0 Å². The molecule has 1 aliphatic heterocycles. The van der Waals surface area contributed by atoms with E-state index in [1.54, 1.807) is 12.3 Å². The standard InChI is InChI=1S/C20H18N2O3/c23-19(17-7-8-18-16(12-17)2-1-9-21-18)22-13-14-3-5-15(6-4-14)20-24-10-11-25-20/h1-9,12,20H,10-11,13H2,(H,22,23). The van der Waals surface area contributed by atoms with Gasteiger partial charge in [-0.25, -0.2) is 0 Å². The van der Waals surface area contributed by atoms with Gasteiger partial charge in [0.25, 0.3) is 5.91 Å². The van der Waals surface area contributed by atoms with Gasteiger partial charge in [-0.3, -0.25) is 9.78 Å². The Morgan fingerprint density at radius 2 is 1.88 bits per heavy atom. The molecule has 1 saturated heterocycles. The Morgan fingerprint density at radius 1 is 1.08 bits per heavy atom. The van der Waals surface area contributed by atoms with Gasteiger partial charge in [0, 0.05) is 29.3 Å². The van der Waals surface area contributed by atoms with E-state index >= 15 is 0 Å². The number of aromatic nitrogens is 1. The van der Waals surface area contributed by atoms with Gasteiger partial charge in [0.2, 0.25) is 0 Å². The number of ether oxygens (including phenoxy) is 2. The molecule has 4 rings (SSSR count). The molecule has 1 aromatic heterocycles. The Hall–Kier alpha value is -2.76. The Bertz CT molecular complexity index is 887. The first-order valence-corrected chi connectivity index (χ1v) is 8.25. The number of rotatable bonds is 4. The molecule has 0 saturated carbocycles. The minimum Gasteiger partial charge on any atom is -0.348 e. The van der Waals surface area contributed by atoms with Crippen LogP contribution in [0.2, 0.25) is 0 Å². The van der Waals surface area contributed by atoms with Crippen molar-refractivity contribution in [3.8, 4) is 0 Å². The molecule has 1 N–H and O–H groups in total. The minimum atomic E-state index is -0.269. The van der Waals surface area contributed by atoms with Crippen LogP contribution in [0.3, 0.4) is 0 Å². The van der Waals surface area contributed by atoms with E-state index in [1.807, 2.05) is 48.5 Å². The molecule has 25 heavy (non-hydrogen) atoms. The third-order valence-corrected chi connectivity index (χ3v) is 4.19. The molecule has 0 spiro atoms. The number of nitrogens with zero attached hydrogens (tertiary/aromatic N) is 1. The van der Waals surface area contributed by atoms with E-state index in [1.165, 1.54) is 0 Å². The Kier molecular flexibility index (Phi) is 4.41. The van der Waals surface area contributed by atoms with Crippen molar-refractivity contribution < 1.29 is 14.3 Å². The Labute approximate surface area is 145 Å². The molecule has 1 aliphatic rings. The van der Waals surface area contributed by atoms with Crippen molar-refractivity contribution in [1.29, 1.82) is 0 Å². The summed E-state index contributed by atoms with van der Waals surface area (Å²) in [4.78, 5) is 16.6. The maximum absolute atomic E-state index is 12.4. The number of fused-ring (bicyclic) bond motifs is 1. The molecule has 1 fully saturated rings. The van der Waals surface area contributed by atoms with Crippen LogP contribution in [0.15, 0.2) is 60.8 Å². The normalized spacial score (nSPS) is 14.7. The number of hydrogen-bond acceptors (Lipinski definition) is 4. The van der Waals surface area contributed by atoms with E-state index in [2.05, 4.69) is 10.3 Å².